The topological polar surface area (TPSA) is 92.5 Å². The molecule has 1 aromatic rings. The number of nitrogens with zero attached hydrogens (tertiary/aromatic N) is 1. The van der Waals surface area contributed by atoms with Crippen molar-refractivity contribution in [2.75, 3.05) is 26.2 Å². The van der Waals surface area contributed by atoms with E-state index in [9.17, 15) is 22.0 Å². The standard InChI is InChI=1S/C15H21F2N3O3S/c1-10-7-14(13(17)8-12(10)16)24(22,23)20-6-2-3-11(9-20)15(21)19-5-4-18/h7-8,11H,2-6,9,18H2,1H3,(H,19,21). The summed E-state index contributed by atoms with van der Waals surface area (Å²) in [7, 11) is -4.13. The molecule has 0 bridgehead atoms. The Hall–Kier alpha value is -1.58. The SMILES string of the molecule is Cc1cc(S(=O)(=O)N2CCCC(C(=O)NCCN)C2)c(F)cc1F. The number of sulfonamides is 1. The third-order valence-electron chi connectivity index (χ3n) is 4.03. The summed E-state index contributed by atoms with van der Waals surface area (Å²) < 4.78 is 53.7. The van der Waals surface area contributed by atoms with Gasteiger partial charge in [-0.25, -0.2) is 17.2 Å². The second kappa shape index (κ2) is 7.54. The van der Waals surface area contributed by atoms with Crippen LogP contribution in [0.5, 0.6) is 0 Å². The molecule has 2 rings (SSSR count). The third-order valence-corrected chi connectivity index (χ3v) is 5.91. The van der Waals surface area contributed by atoms with Crippen molar-refractivity contribution in [3.05, 3.63) is 29.3 Å². The number of rotatable bonds is 5. The first-order chi connectivity index (χ1) is 11.3. The molecule has 24 heavy (non-hydrogen) atoms. The zero-order valence-electron chi connectivity index (χ0n) is 13.4. The van der Waals surface area contributed by atoms with E-state index in [4.69, 9.17) is 5.73 Å². The van der Waals surface area contributed by atoms with Gasteiger partial charge in [0.1, 0.15) is 16.5 Å². The highest BCUT2D eigenvalue weighted by Gasteiger charge is 2.34. The molecule has 9 heteroatoms. The molecule has 1 fully saturated rings. The molecule has 1 saturated heterocycles. The number of halogens is 2. The van der Waals surface area contributed by atoms with Gasteiger partial charge < -0.3 is 11.1 Å². The number of carbonyl (C=O) groups excluding carboxylic acids is 1. The Morgan fingerprint density at radius 3 is 2.75 bits per heavy atom. The number of nitrogens with one attached hydrogen (secondary N) is 1. The Labute approximate surface area is 140 Å². The number of hydrogen-bond donors (Lipinski definition) is 2. The predicted molar refractivity (Wildman–Crippen MR) is 84.6 cm³/mol. The highest BCUT2D eigenvalue weighted by Crippen LogP contribution is 2.27. The second-order valence-electron chi connectivity index (χ2n) is 5.81. The fourth-order valence-corrected chi connectivity index (χ4v) is 4.34. The van der Waals surface area contributed by atoms with E-state index in [-0.39, 0.29) is 24.6 Å². The molecule has 1 aliphatic rings. The Balaban J connectivity index is 2.23. The fourth-order valence-electron chi connectivity index (χ4n) is 2.68. The molecule has 0 radical (unpaired) electrons. The van der Waals surface area contributed by atoms with Crippen LogP contribution in [-0.2, 0) is 14.8 Å². The molecule has 0 aliphatic carbocycles. The molecule has 3 N–H and O–H groups in total. The third kappa shape index (κ3) is 3.90. The van der Waals surface area contributed by atoms with Crippen LogP contribution in [0.25, 0.3) is 0 Å². The largest absolute Gasteiger partial charge is 0.355 e. The minimum Gasteiger partial charge on any atom is -0.355 e. The van der Waals surface area contributed by atoms with E-state index in [1.54, 1.807) is 0 Å². The number of benzene rings is 1. The monoisotopic (exact) mass is 361 g/mol. The minimum absolute atomic E-state index is 0.0331. The number of hydrogen-bond acceptors (Lipinski definition) is 4. The van der Waals surface area contributed by atoms with Crippen molar-refractivity contribution < 1.29 is 22.0 Å². The van der Waals surface area contributed by atoms with E-state index in [1.807, 2.05) is 0 Å². The van der Waals surface area contributed by atoms with E-state index < -0.39 is 32.5 Å². The van der Waals surface area contributed by atoms with E-state index in [0.717, 1.165) is 10.4 Å². The van der Waals surface area contributed by atoms with Crippen LogP contribution in [-0.4, -0.2) is 44.8 Å². The summed E-state index contributed by atoms with van der Waals surface area (Å²) in [6, 6.07) is 1.55. The second-order valence-corrected chi connectivity index (χ2v) is 7.72. The molecule has 1 amide bonds. The van der Waals surface area contributed by atoms with Crippen LogP contribution in [0.1, 0.15) is 18.4 Å². The number of amides is 1. The zero-order chi connectivity index (χ0) is 17.9. The smallest absolute Gasteiger partial charge is 0.246 e. The molecule has 134 valence electrons. The lowest BCUT2D eigenvalue weighted by molar-refractivity contribution is -0.126. The van der Waals surface area contributed by atoms with Gasteiger partial charge in [0.25, 0.3) is 0 Å². The van der Waals surface area contributed by atoms with Crippen LogP contribution in [0.4, 0.5) is 8.78 Å². The average molecular weight is 361 g/mol. The molecular formula is C15H21F2N3O3S. The first-order valence-electron chi connectivity index (χ1n) is 7.71. The average Bonchev–Trinajstić information content (AvgIpc) is 2.55. The predicted octanol–water partition coefficient (Wildman–Crippen LogP) is 0.749. The van der Waals surface area contributed by atoms with Gasteiger partial charge in [-0.05, 0) is 31.4 Å². The molecule has 1 unspecified atom stereocenters. The number of piperidine rings is 1. The molecular weight excluding hydrogens is 340 g/mol. The molecule has 6 nitrogen and oxygen atoms in total. The van der Waals surface area contributed by atoms with Gasteiger partial charge in [0.2, 0.25) is 15.9 Å². The Morgan fingerprint density at radius 1 is 1.38 bits per heavy atom. The summed E-state index contributed by atoms with van der Waals surface area (Å²) in [6.07, 6.45) is 1.04. The summed E-state index contributed by atoms with van der Waals surface area (Å²) in [5.74, 6) is -2.71. The zero-order valence-corrected chi connectivity index (χ0v) is 14.2. The Kier molecular flexibility index (Phi) is 5.89. The maximum atomic E-state index is 14.0. The van der Waals surface area contributed by atoms with Crippen molar-refractivity contribution >= 4 is 15.9 Å². The van der Waals surface area contributed by atoms with Gasteiger partial charge in [-0.2, -0.15) is 4.31 Å². The molecule has 1 heterocycles. The highest BCUT2D eigenvalue weighted by atomic mass is 32.2. The first kappa shape index (κ1) is 18.8. The van der Waals surface area contributed by atoms with Gasteiger partial charge in [-0.1, -0.05) is 0 Å². The molecule has 1 atom stereocenters. The lowest BCUT2D eigenvalue weighted by Gasteiger charge is -2.31. The summed E-state index contributed by atoms with van der Waals surface area (Å²) in [6.45, 7) is 2.13. The minimum atomic E-state index is -4.13. The van der Waals surface area contributed by atoms with E-state index >= 15 is 0 Å². The van der Waals surface area contributed by atoms with E-state index in [1.165, 1.54) is 6.92 Å². The van der Waals surface area contributed by atoms with E-state index in [0.29, 0.717) is 32.0 Å². The van der Waals surface area contributed by atoms with Crippen LogP contribution < -0.4 is 11.1 Å². The lowest BCUT2D eigenvalue weighted by atomic mass is 9.99. The number of aryl methyl sites for hydroxylation is 1. The molecule has 1 aromatic carbocycles. The van der Waals surface area contributed by atoms with Crippen LogP contribution in [0, 0.1) is 24.5 Å². The summed E-state index contributed by atoms with van der Waals surface area (Å²) in [5.41, 5.74) is 5.37. The Morgan fingerprint density at radius 2 is 2.08 bits per heavy atom. The maximum Gasteiger partial charge on any atom is 0.246 e. The van der Waals surface area contributed by atoms with Crippen LogP contribution in [0.3, 0.4) is 0 Å². The lowest BCUT2D eigenvalue weighted by Crippen LogP contribution is -2.46. The summed E-state index contributed by atoms with van der Waals surface area (Å²) >= 11 is 0. The number of carbonyl (C=O) groups is 1. The molecule has 0 aromatic heterocycles. The van der Waals surface area contributed by atoms with Crippen LogP contribution >= 0.6 is 0 Å². The normalized spacial score (nSPS) is 19.2. The Bertz CT molecular complexity index is 725. The summed E-state index contributed by atoms with van der Waals surface area (Å²) in [5, 5.41) is 2.63. The maximum absolute atomic E-state index is 14.0. The van der Waals surface area contributed by atoms with Gasteiger partial charge in [0, 0.05) is 32.2 Å². The molecule has 0 spiro atoms. The van der Waals surface area contributed by atoms with E-state index in [2.05, 4.69) is 5.32 Å². The van der Waals surface area contributed by atoms with Crippen molar-refractivity contribution in [2.24, 2.45) is 11.7 Å². The quantitative estimate of drug-likeness (QED) is 0.809. The van der Waals surface area contributed by atoms with Gasteiger partial charge in [-0.3, -0.25) is 4.79 Å². The van der Waals surface area contributed by atoms with Crippen molar-refractivity contribution in [2.45, 2.75) is 24.7 Å². The van der Waals surface area contributed by atoms with Crippen LogP contribution in [0.2, 0.25) is 0 Å². The van der Waals surface area contributed by atoms with Crippen molar-refractivity contribution in [1.82, 2.24) is 9.62 Å². The fraction of sp³-hybridized carbons (Fsp3) is 0.533. The summed E-state index contributed by atoms with van der Waals surface area (Å²) in [4.78, 5) is 11.5. The molecule has 0 saturated carbocycles. The van der Waals surface area contributed by atoms with Gasteiger partial charge >= 0.3 is 0 Å². The van der Waals surface area contributed by atoms with Gasteiger partial charge in [0.05, 0.1) is 5.92 Å². The van der Waals surface area contributed by atoms with Crippen LogP contribution in [0.15, 0.2) is 17.0 Å². The van der Waals surface area contributed by atoms with Gasteiger partial charge in [0.15, 0.2) is 0 Å². The highest BCUT2D eigenvalue weighted by molar-refractivity contribution is 7.89. The first-order valence-corrected chi connectivity index (χ1v) is 9.15. The number of nitrogens with two attached hydrogens (primary N) is 1. The van der Waals surface area contributed by atoms with Crippen molar-refractivity contribution in [3.8, 4) is 0 Å². The van der Waals surface area contributed by atoms with Crippen molar-refractivity contribution in [1.29, 1.82) is 0 Å². The van der Waals surface area contributed by atoms with Crippen molar-refractivity contribution in [3.63, 3.8) is 0 Å². The molecule has 1 aliphatic heterocycles. The van der Waals surface area contributed by atoms with Gasteiger partial charge in [-0.15, -0.1) is 0 Å².